The van der Waals surface area contributed by atoms with Gasteiger partial charge < -0.3 is 20.1 Å². The number of thiazole rings is 1. The standard InChI is InChI=1S/C29H25ClF3N3O4S/c30-21-8-4-7-20(15-21)13-14-34-27(38)25-18-41-28(36-25)24(16-19-5-2-1-3-6-19)35-26(37)17-39-22-9-11-23(12-10-22)40-29(31,32)33/h1-12,15,18,24H,13-14,16-17H2,(H,34,38)(H,35,37). The van der Waals surface area contributed by atoms with E-state index in [1.807, 2.05) is 48.5 Å². The quantitative estimate of drug-likeness (QED) is 0.203. The molecule has 4 aromatic rings. The number of nitrogens with zero attached hydrogens (tertiary/aromatic N) is 1. The Morgan fingerprint density at radius 3 is 2.37 bits per heavy atom. The molecule has 2 N–H and O–H groups in total. The van der Waals surface area contributed by atoms with E-state index in [1.165, 1.54) is 23.5 Å². The topological polar surface area (TPSA) is 89.6 Å². The van der Waals surface area contributed by atoms with E-state index < -0.39 is 24.1 Å². The second-order valence-corrected chi connectivity index (χ2v) is 10.2. The van der Waals surface area contributed by atoms with Gasteiger partial charge in [-0.2, -0.15) is 0 Å². The van der Waals surface area contributed by atoms with Crippen LogP contribution in [0.5, 0.6) is 11.5 Å². The summed E-state index contributed by atoms with van der Waals surface area (Å²) in [6, 6.07) is 21.0. The zero-order valence-electron chi connectivity index (χ0n) is 21.5. The third kappa shape index (κ3) is 9.80. The van der Waals surface area contributed by atoms with Crippen molar-refractivity contribution in [3.63, 3.8) is 0 Å². The number of aromatic nitrogens is 1. The molecule has 0 spiro atoms. The highest BCUT2D eigenvalue weighted by Crippen LogP contribution is 2.25. The van der Waals surface area contributed by atoms with Gasteiger partial charge in [0.15, 0.2) is 6.61 Å². The molecule has 1 heterocycles. The number of carbonyl (C=O) groups excluding carboxylic acids is 2. The predicted molar refractivity (Wildman–Crippen MR) is 149 cm³/mol. The minimum Gasteiger partial charge on any atom is -0.484 e. The van der Waals surface area contributed by atoms with Crippen LogP contribution in [-0.2, 0) is 17.6 Å². The van der Waals surface area contributed by atoms with E-state index in [2.05, 4.69) is 20.4 Å². The Kier molecular flexibility index (Phi) is 10.2. The Morgan fingerprint density at radius 1 is 0.951 bits per heavy atom. The monoisotopic (exact) mass is 603 g/mol. The molecule has 0 radical (unpaired) electrons. The van der Waals surface area contributed by atoms with Crippen molar-refractivity contribution in [2.24, 2.45) is 0 Å². The van der Waals surface area contributed by atoms with E-state index >= 15 is 0 Å². The summed E-state index contributed by atoms with van der Waals surface area (Å²) < 4.78 is 46.3. The van der Waals surface area contributed by atoms with Crippen molar-refractivity contribution in [2.75, 3.05) is 13.2 Å². The first kappa shape index (κ1) is 29.9. The fraction of sp³-hybridized carbons (Fsp3) is 0.207. The van der Waals surface area contributed by atoms with Crippen molar-refractivity contribution in [3.8, 4) is 11.5 Å². The van der Waals surface area contributed by atoms with Gasteiger partial charge in [0, 0.05) is 16.9 Å². The molecule has 0 saturated heterocycles. The number of nitrogens with one attached hydrogen (secondary N) is 2. The molecular weight excluding hydrogens is 579 g/mol. The molecule has 0 aliphatic carbocycles. The van der Waals surface area contributed by atoms with Gasteiger partial charge in [0.25, 0.3) is 11.8 Å². The third-order valence-electron chi connectivity index (χ3n) is 5.69. The van der Waals surface area contributed by atoms with Crippen LogP contribution in [0.1, 0.15) is 32.7 Å². The first-order chi connectivity index (χ1) is 19.6. The summed E-state index contributed by atoms with van der Waals surface area (Å²) in [6.07, 6.45) is -3.78. The van der Waals surface area contributed by atoms with Gasteiger partial charge >= 0.3 is 6.36 Å². The summed E-state index contributed by atoms with van der Waals surface area (Å²) in [5.41, 5.74) is 2.18. The zero-order valence-corrected chi connectivity index (χ0v) is 23.1. The third-order valence-corrected chi connectivity index (χ3v) is 6.88. The maximum Gasteiger partial charge on any atom is 0.573 e. The van der Waals surface area contributed by atoms with Gasteiger partial charge in [0.05, 0.1) is 6.04 Å². The van der Waals surface area contributed by atoms with E-state index in [0.29, 0.717) is 29.4 Å². The van der Waals surface area contributed by atoms with Gasteiger partial charge in [-0.05, 0) is 60.4 Å². The van der Waals surface area contributed by atoms with Crippen LogP contribution in [0.3, 0.4) is 0 Å². The first-order valence-corrected chi connectivity index (χ1v) is 13.7. The average Bonchev–Trinajstić information content (AvgIpc) is 3.43. The maximum absolute atomic E-state index is 12.8. The normalized spacial score (nSPS) is 11.9. The number of carbonyl (C=O) groups is 2. The molecule has 7 nitrogen and oxygen atoms in total. The molecule has 0 aliphatic rings. The summed E-state index contributed by atoms with van der Waals surface area (Å²) in [7, 11) is 0. The van der Waals surface area contributed by atoms with Crippen molar-refractivity contribution in [1.82, 2.24) is 15.6 Å². The number of hydrogen-bond acceptors (Lipinski definition) is 6. The molecule has 2 amide bonds. The Morgan fingerprint density at radius 2 is 1.66 bits per heavy atom. The Bertz CT molecular complexity index is 1450. The second-order valence-electron chi connectivity index (χ2n) is 8.82. The SMILES string of the molecule is O=C(COc1ccc(OC(F)(F)F)cc1)NC(Cc1ccccc1)c1nc(C(=O)NCCc2cccc(Cl)c2)cs1. The van der Waals surface area contributed by atoms with Gasteiger partial charge in [-0.15, -0.1) is 24.5 Å². The number of benzene rings is 3. The number of halogens is 4. The minimum atomic E-state index is -4.80. The van der Waals surface area contributed by atoms with Gasteiger partial charge in [-0.3, -0.25) is 9.59 Å². The lowest BCUT2D eigenvalue weighted by molar-refractivity contribution is -0.274. The molecule has 1 atom stereocenters. The molecule has 3 aromatic carbocycles. The lowest BCUT2D eigenvalue weighted by Gasteiger charge is -2.17. The van der Waals surface area contributed by atoms with E-state index in [1.54, 1.807) is 11.4 Å². The molecule has 0 aliphatic heterocycles. The van der Waals surface area contributed by atoms with Crippen molar-refractivity contribution in [2.45, 2.75) is 25.2 Å². The smallest absolute Gasteiger partial charge is 0.484 e. The molecule has 4 rings (SSSR count). The van der Waals surface area contributed by atoms with E-state index in [-0.39, 0.29) is 24.0 Å². The average molecular weight is 604 g/mol. The molecule has 0 fully saturated rings. The maximum atomic E-state index is 12.8. The van der Waals surface area contributed by atoms with Crippen LogP contribution in [0.4, 0.5) is 13.2 Å². The molecule has 0 bridgehead atoms. The van der Waals surface area contributed by atoms with Gasteiger partial charge in [-0.25, -0.2) is 4.98 Å². The van der Waals surface area contributed by atoms with Crippen LogP contribution < -0.4 is 20.1 Å². The fourth-order valence-corrected chi connectivity index (χ4v) is 4.89. The van der Waals surface area contributed by atoms with Gasteiger partial charge in [0.1, 0.15) is 22.2 Å². The minimum absolute atomic E-state index is 0.195. The Hall–Kier alpha value is -4.09. The van der Waals surface area contributed by atoms with E-state index in [4.69, 9.17) is 16.3 Å². The number of amides is 2. The number of hydrogen-bond donors (Lipinski definition) is 2. The van der Waals surface area contributed by atoms with E-state index in [9.17, 15) is 22.8 Å². The van der Waals surface area contributed by atoms with Crippen LogP contribution in [0.25, 0.3) is 0 Å². The van der Waals surface area contributed by atoms with Crippen LogP contribution in [0.2, 0.25) is 5.02 Å². The van der Waals surface area contributed by atoms with Crippen LogP contribution >= 0.6 is 22.9 Å². The lowest BCUT2D eigenvalue weighted by Crippen LogP contribution is -2.34. The van der Waals surface area contributed by atoms with E-state index in [0.717, 1.165) is 23.3 Å². The number of rotatable bonds is 12. The van der Waals surface area contributed by atoms with Crippen molar-refractivity contribution < 1.29 is 32.2 Å². The zero-order chi connectivity index (χ0) is 29.2. The molecular formula is C29H25ClF3N3O4S. The van der Waals surface area contributed by atoms with Crippen molar-refractivity contribution in [3.05, 3.63) is 111 Å². The number of alkyl halides is 3. The van der Waals surface area contributed by atoms with Crippen LogP contribution in [-0.4, -0.2) is 36.3 Å². The Labute approximate surface area is 243 Å². The predicted octanol–water partition coefficient (Wildman–Crippen LogP) is 6.15. The summed E-state index contributed by atoms with van der Waals surface area (Å²) >= 11 is 7.26. The lowest BCUT2D eigenvalue weighted by atomic mass is 10.1. The number of ether oxygens (including phenoxy) is 2. The summed E-state index contributed by atoms with van der Waals surface area (Å²) in [5.74, 6) is -1.00. The van der Waals surface area contributed by atoms with Crippen molar-refractivity contribution in [1.29, 1.82) is 0 Å². The highest BCUT2D eigenvalue weighted by atomic mass is 35.5. The highest BCUT2D eigenvalue weighted by Gasteiger charge is 2.31. The molecule has 214 valence electrons. The molecule has 1 unspecified atom stereocenters. The van der Waals surface area contributed by atoms with Gasteiger partial charge in [-0.1, -0.05) is 54.1 Å². The molecule has 1 aromatic heterocycles. The Balaban J connectivity index is 1.36. The summed E-state index contributed by atoms with van der Waals surface area (Å²) in [5, 5.41) is 8.53. The summed E-state index contributed by atoms with van der Waals surface area (Å²) in [4.78, 5) is 30.0. The molecule has 41 heavy (non-hydrogen) atoms. The van der Waals surface area contributed by atoms with Crippen LogP contribution in [0.15, 0.2) is 84.2 Å². The second kappa shape index (κ2) is 14.0. The molecule has 12 heteroatoms. The first-order valence-electron chi connectivity index (χ1n) is 12.4. The fourth-order valence-electron chi connectivity index (χ4n) is 3.83. The van der Waals surface area contributed by atoms with Crippen molar-refractivity contribution >= 4 is 34.8 Å². The van der Waals surface area contributed by atoms with Crippen LogP contribution in [0, 0.1) is 0 Å². The highest BCUT2D eigenvalue weighted by molar-refractivity contribution is 7.09. The largest absolute Gasteiger partial charge is 0.573 e. The van der Waals surface area contributed by atoms with Gasteiger partial charge in [0.2, 0.25) is 0 Å². The molecule has 0 saturated carbocycles. The summed E-state index contributed by atoms with van der Waals surface area (Å²) in [6.45, 7) is 0.0177.